The van der Waals surface area contributed by atoms with E-state index in [1.54, 1.807) is 12.3 Å². The van der Waals surface area contributed by atoms with Gasteiger partial charge in [-0.2, -0.15) is 0 Å². The first kappa shape index (κ1) is 9.67. The molecule has 0 radical (unpaired) electrons. The van der Waals surface area contributed by atoms with Crippen molar-refractivity contribution in [2.75, 3.05) is 18.9 Å². The highest BCUT2D eigenvalue weighted by atomic mass is 16.5. The zero-order valence-electron chi connectivity index (χ0n) is 8.05. The maximum atomic E-state index is 8.67. The molecule has 5 nitrogen and oxygen atoms in total. The summed E-state index contributed by atoms with van der Waals surface area (Å²) in [7, 11) is 0. The number of nitrogens with zero attached hydrogens (tertiary/aromatic N) is 2. The molecule has 1 aromatic heterocycles. The lowest BCUT2D eigenvalue weighted by atomic mass is 10.2. The van der Waals surface area contributed by atoms with Crippen LogP contribution in [0.2, 0.25) is 0 Å². The van der Waals surface area contributed by atoms with E-state index in [0.29, 0.717) is 11.3 Å². The van der Waals surface area contributed by atoms with Crippen LogP contribution in [-0.2, 0) is 0 Å². The number of fused-ring (bicyclic) bond motifs is 1. The average molecular weight is 205 g/mol. The maximum absolute atomic E-state index is 8.67. The largest absolute Gasteiger partial charge is 0.489 e. The van der Waals surface area contributed by atoms with Crippen LogP contribution in [0.4, 0.5) is 5.95 Å². The molecule has 0 unspecified atom stereocenters. The predicted molar refractivity (Wildman–Crippen MR) is 56.5 cm³/mol. The molecule has 2 aromatic rings. The highest BCUT2D eigenvalue weighted by molar-refractivity contribution is 5.84. The lowest BCUT2D eigenvalue weighted by Crippen LogP contribution is -2.03. The minimum Gasteiger partial charge on any atom is -0.489 e. The summed E-state index contributed by atoms with van der Waals surface area (Å²) in [6.07, 6.45) is 1.64. The van der Waals surface area contributed by atoms with Gasteiger partial charge in [0.2, 0.25) is 5.95 Å². The van der Waals surface area contributed by atoms with Crippen molar-refractivity contribution in [1.82, 2.24) is 9.97 Å². The molecular formula is C10H11N3O2. The molecule has 0 aliphatic rings. The summed E-state index contributed by atoms with van der Waals surface area (Å²) in [5.41, 5.74) is 6.16. The zero-order valence-corrected chi connectivity index (χ0v) is 8.05. The number of hydrogen-bond acceptors (Lipinski definition) is 5. The summed E-state index contributed by atoms with van der Waals surface area (Å²) in [5, 5.41) is 9.53. The third kappa shape index (κ3) is 1.97. The Morgan fingerprint density at radius 3 is 3.07 bits per heavy atom. The Hall–Kier alpha value is -1.88. The van der Waals surface area contributed by atoms with E-state index in [9.17, 15) is 0 Å². The SMILES string of the molecule is Nc1ncc2cccc(OCCO)c2n1. The molecule has 0 bridgehead atoms. The topological polar surface area (TPSA) is 81.3 Å². The van der Waals surface area contributed by atoms with Gasteiger partial charge in [-0.05, 0) is 6.07 Å². The number of nitrogens with two attached hydrogens (primary N) is 1. The van der Waals surface area contributed by atoms with E-state index in [-0.39, 0.29) is 19.2 Å². The molecule has 5 heteroatoms. The second kappa shape index (κ2) is 4.10. The molecule has 0 fully saturated rings. The van der Waals surface area contributed by atoms with E-state index in [0.717, 1.165) is 5.39 Å². The van der Waals surface area contributed by atoms with Crippen LogP contribution in [-0.4, -0.2) is 28.3 Å². The Labute approximate surface area is 86.5 Å². The number of rotatable bonds is 3. The molecule has 0 saturated heterocycles. The number of anilines is 1. The van der Waals surface area contributed by atoms with Crippen molar-refractivity contribution in [3.05, 3.63) is 24.4 Å². The van der Waals surface area contributed by atoms with Crippen LogP contribution in [0.1, 0.15) is 0 Å². The number of benzene rings is 1. The number of aromatic nitrogens is 2. The van der Waals surface area contributed by atoms with Gasteiger partial charge < -0.3 is 15.6 Å². The van der Waals surface area contributed by atoms with Gasteiger partial charge in [-0.15, -0.1) is 0 Å². The molecule has 0 aliphatic carbocycles. The molecule has 0 spiro atoms. The van der Waals surface area contributed by atoms with Gasteiger partial charge in [-0.25, -0.2) is 9.97 Å². The van der Waals surface area contributed by atoms with E-state index in [4.69, 9.17) is 15.6 Å². The molecule has 0 amide bonds. The number of para-hydroxylation sites is 1. The Morgan fingerprint density at radius 1 is 1.40 bits per heavy atom. The minimum atomic E-state index is -0.0308. The molecule has 1 aromatic carbocycles. The summed E-state index contributed by atoms with van der Waals surface area (Å²) in [5.74, 6) is 0.818. The first-order valence-electron chi connectivity index (χ1n) is 4.56. The quantitative estimate of drug-likeness (QED) is 0.766. The van der Waals surface area contributed by atoms with Crippen LogP contribution in [0.15, 0.2) is 24.4 Å². The van der Waals surface area contributed by atoms with Crippen LogP contribution in [0.25, 0.3) is 10.9 Å². The van der Waals surface area contributed by atoms with Gasteiger partial charge in [-0.3, -0.25) is 0 Å². The van der Waals surface area contributed by atoms with Gasteiger partial charge in [0, 0.05) is 11.6 Å². The Morgan fingerprint density at radius 2 is 2.27 bits per heavy atom. The highest BCUT2D eigenvalue weighted by Crippen LogP contribution is 2.23. The van der Waals surface area contributed by atoms with Gasteiger partial charge in [-0.1, -0.05) is 12.1 Å². The van der Waals surface area contributed by atoms with Crippen molar-refractivity contribution in [3.8, 4) is 5.75 Å². The fourth-order valence-electron chi connectivity index (χ4n) is 1.31. The lowest BCUT2D eigenvalue weighted by Gasteiger charge is -2.06. The fourth-order valence-corrected chi connectivity index (χ4v) is 1.31. The normalized spacial score (nSPS) is 10.5. The number of hydrogen-bond donors (Lipinski definition) is 2. The van der Waals surface area contributed by atoms with Gasteiger partial charge in [0.15, 0.2) is 0 Å². The third-order valence-electron chi connectivity index (χ3n) is 1.94. The summed E-state index contributed by atoms with van der Waals surface area (Å²) < 4.78 is 5.33. The van der Waals surface area contributed by atoms with Gasteiger partial charge in [0.1, 0.15) is 17.9 Å². The second-order valence-corrected chi connectivity index (χ2v) is 2.99. The Bertz CT molecular complexity index is 473. The van der Waals surface area contributed by atoms with Crippen LogP contribution < -0.4 is 10.5 Å². The Kier molecular flexibility index (Phi) is 2.64. The second-order valence-electron chi connectivity index (χ2n) is 2.99. The molecule has 15 heavy (non-hydrogen) atoms. The van der Waals surface area contributed by atoms with Crippen LogP contribution >= 0.6 is 0 Å². The smallest absolute Gasteiger partial charge is 0.220 e. The predicted octanol–water partition coefficient (Wildman–Crippen LogP) is 0.583. The van der Waals surface area contributed by atoms with Crippen molar-refractivity contribution < 1.29 is 9.84 Å². The van der Waals surface area contributed by atoms with Crippen LogP contribution in [0, 0.1) is 0 Å². The fraction of sp³-hybridized carbons (Fsp3) is 0.200. The molecule has 0 atom stereocenters. The standard InChI is InChI=1S/C10H11N3O2/c11-10-12-6-7-2-1-3-8(9(7)13-10)15-5-4-14/h1-3,6,14H,4-5H2,(H2,11,12,13). The van der Waals surface area contributed by atoms with Crippen molar-refractivity contribution in [2.45, 2.75) is 0 Å². The van der Waals surface area contributed by atoms with E-state index in [1.165, 1.54) is 0 Å². The lowest BCUT2D eigenvalue weighted by molar-refractivity contribution is 0.202. The van der Waals surface area contributed by atoms with Crippen LogP contribution in [0.5, 0.6) is 5.75 Å². The molecule has 78 valence electrons. The Balaban J connectivity index is 2.48. The van der Waals surface area contributed by atoms with Crippen molar-refractivity contribution >= 4 is 16.9 Å². The van der Waals surface area contributed by atoms with Crippen molar-refractivity contribution in [2.24, 2.45) is 0 Å². The van der Waals surface area contributed by atoms with Gasteiger partial charge >= 0.3 is 0 Å². The summed E-state index contributed by atoms with van der Waals surface area (Å²) in [6.45, 7) is 0.208. The first-order chi connectivity index (χ1) is 7.31. The monoisotopic (exact) mass is 205 g/mol. The zero-order chi connectivity index (χ0) is 10.7. The van der Waals surface area contributed by atoms with E-state index in [1.807, 2.05) is 12.1 Å². The summed E-state index contributed by atoms with van der Waals surface area (Å²) in [6, 6.07) is 5.50. The maximum Gasteiger partial charge on any atom is 0.220 e. The highest BCUT2D eigenvalue weighted by Gasteiger charge is 2.03. The average Bonchev–Trinajstić information content (AvgIpc) is 2.26. The number of ether oxygens (including phenoxy) is 1. The molecule has 0 aliphatic heterocycles. The van der Waals surface area contributed by atoms with E-state index in [2.05, 4.69) is 9.97 Å². The van der Waals surface area contributed by atoms with Gasteiger partial charge in [0.05, 0.1) is 6.61 Å². The first-order valence-corrected chi connectivity index (χ1v) is 4.56. The molecular weight excluding hydrogens is 194 g/mol. The van der Waals surface area contributed by atoms with Crippen molar-refractivity contribution in [3.63, 3.8) is 0 Å². The number of nitrogen functional groups attached to an aromatic ring is 1. The molecule has 0 saturated carbocycles. The summed E-state index contributed by atoms with van der Waals surface area (Å²) >= 11 is 0. The number of aliphatic hydroxyl groups is 1. The summed E-state index contributed by atoms with van der Waals surface area (Å²) in [4.78, 5) is 7.98. The van der Waals surface area contributed by atoms with Crippen LogP contribution in [0.3, 0.4) is 0 Å². The molecule has 2 rings (SSSR count). The third-order valence-corrected chi connectivity index (χ3v) is 1.94. The minimum absolute atomic E-state index is 0.0308. The van der Waals surface area contributed by atoms with E-state index >= 15 is 0 Å². The molecule has 3 N–H and O–H groups in total. The number of aliphatic hydroxyl groups excluding tert-OH is 1. The van der Waals surface area contributed by atoms with E-state index < -0.39 is 0 Å². The van der Waals surface area contributed by atoms with Gasteiger partial charge in [0.25, 0.3) is 0 Å². The molecule has 1 heterocycles. The van der Waals surface area contributed by atoms with Crippen molar-refractivity contribution in [1.29, 1.82) is 0 Å².